The number of rotatable bonds is 4. The normalized spacial score (nSPS) is 11.8. The third-order valence-corrected chi connectivity index (χ3v) is 10.5. The van der Waals surface area contributed by atoms with E-state index in [1.54, 1.807) is 0 Å². The molecule has 0 saturated heterocycles. The molecule has 0 aliphatic carbocycles. The first-order valence-electron chi connectivity index (χ1n) is 16.6. The molecule has 0 saturated carbocycles. The van der Waals surface area contributed by atoms with Crippen LogP contribution in [0.15, 0.2) is 127 Å². The fraction of sp³-hybridized carbons (Fsp3) is 0. The van der Waals surface area contributed by atoms with Crippen molar-refractivity contribution in [3.05, 3.63) is 170 Å². The van der Waals surface area contributed by atoms with Crippen LogP contribution in [-0.4, -0.2) is 19.5 Å². The maximum Gasteiger partial charge on any atom is 0.0737 e. The van der Waals surface area contributed by atoms with Gasteiger partial charge in [-0.3, -0.25) is 0 Å². The molecule has 0 spiro atoms. The standard InChI is InChI=1S/C44H26Cl4N4.Co/c45-34-12-4-1-9-31(34)41-38-22-21-29(51-38)24-28-18-17-26(49-28)23-27-19-20-30(50-27)25-40-42(32-10-2-5-13-35(32)46)43(33-11-3-6-14-36(33)47)44(41)52(40)39-16-8-7-15-37(39)48;/h1-25,49H;. The number of nitrogens with one attached hydrogen (secondary N) is 1. The molecule has 1 radical (unpaired) electrons. The topological polar surface area (TPSA) is 46.5 Å². The number of aromatic nitrogens is 4. The van der Waals surface area contributed by atoms with E-state index in [-0.39, 0.29) is 16.8 Å². The zero-order valence-electron chi connectivity index (χ0n) is 27.6. The van der Waals surface area contributed by atoms with Crippen molar-refractivity contribution in [2.24, 2.45) is 0 Å². The number of para-hydroxylation sites is 1. The van der Waals surface area contributed by atoms with E-state index in [2.05, 4.69) is 15.6 Å². The first-order chi connectivity index (χ1) is 25.4. The zero-order valence-corrected chi connectivity index (χ0v) is 31.7. The summed E-state index contributed by atoms with van der Waals surface area (Å²) < 4.78 is 2.18. The van der Waals surface area contributed by atoms with Crippen molar-refractivity contribution in [3.63, 3.8) is 0 Å². The van der Waals surface area contributed by atoms with Gasteiger partial charge in [-0.05, 0) is 85.0 Å². The molecule has 2 aliphatic rings. The molecule has 7 aromatic rings. The third-order valence-electron chi connectivity index (χ3n) is 9.19. The predicted octanol–water partition coefficient (Wildman–Crippen LogP) is 13.7. The minimum Gasteiger partial charge on any atom is -0.355 e. The molecule has 3 aromatic heterocycles. The van der Waals surface area contributed by atoms with E-state index in [4.69, 9.17) is 56.4 Å². The Morgan fingerprint density at radius 1 is 0.453 bits per heavy atom. The molecule has 9 rings (SSSR count). The van der Waals surface area contributed by atoms with Gasteiger partial charge >= 0.3 is 0 Å². The van der Waals surface area contributed by atoms with Crippen LogP contribution < -0.4 is 0 Å². The van der Waals surface area contributed by atoms with Crippen molar-refractivity contribution in [2.75, 3.05) is 0 Å². The molecule has 259 valence electrons. The van der Waals surface area contributed by atoms with Gasteiger partial charge in [-0.1, -0.05) is 113 Å². The Morgan fingerprint density at radius 2 is 0.925 bits per heavy atom. The first kappa shape index (κ1) is 35.2. The van der Waals surface area contributed by atoms with Gasteiger partial charge in [0.15, 0.2) is 0 Å². The molecule has 0 atom stereocenters. The van der Waals surface area contributed by atoms with Crippen LogP contribution in [0.2, 0.25) is 20.1 Å². The fourth-order valence-electron chi connectivity index (χ4n) is 6.97. The van der Waals surface area contributed by atoms with E-state index in [1.165, 1.54) is 0 Å². The number of fused-ring (bicyclic) bond motifs is 8. The van der Waals surface area contributed by atoms with E-state index in [1.807, 2.05) is 146 Å². The Hall–Kier alpha value is -4.85. The smallest absolute Gasteiger partial charge is 0.0737 e. The summed E-state index contributed by atoms with van der Waals surface area (Å²) in [5.41, 5.74) is 12.1. The minimum atomic E-state index is 0. The number of aromatic amines is 1. The maximum atomic E-state index is 7.20. The van der Waals surface area contributed by atoms with Crippen LogP contribution in [0.5, 0.6) is 0 Å². The molecule has 53 heavy (non-hydrogen) atoms. The Bertz CT molecular complexity index is 2820. The molecular weight excluding hydrogens is 785 g/mol. The van der Waals surface area contributed by atoms with Gasteiger partial charge in [-0.25, -0.2) is 9.97 Å². The average molecular weight is 811 g/mol. The van der Waals surface area contributed by atoms with Gasteiger partial charge in [-0.15, -0.1) is 0 Å². The summed E-state index contributed by atoms with van der Waals surface area (Å²) in [4.78, 5) is 13.8. The molecule has 0 unspecified atom stereocenters. The second-order valence-corrected chi connectivity index (χ2v) is 14.1. The number of hydrogen-bond donors (Lipinski definition) is 1. The molecule has 8 bridgehead atoms. The Labute approximate surface area is 336 Å². The largest absolute Gasteiger partial charge is 0.355 e. The Kier molecular flexibility index (Phi) is 9.64. The van der Waals surface area contributed by atoms with E-state index in [0.717, 1.165) is 83.9 Å². The number of benzene rings is 4. The number of hydrogen-bond acceptors (Lipinski definition) is 2. The molecule has 0 amide bonds. The van der Waals surface area contributed by atoms with Gasteiger partial charge in [-0.2, -0.15) is 0 Å². The quantitative estimate of drug-likeness (QED) is 0.192. The minimum absolute atomic E-state index is 0. The molecule has 0 fully saturated rings. The van der Waals surface area contributed by atoms with Gasteiger partial charge in [0.25, 0.3) is 0 Å². The summed E-state index contributed by atoms with van der Waals surface area (Å²) in [7, 11) is 0. The van der Waals surface area contributed by atoms with E-state index < -0.39 is 0 Å². The molecular formula is C44H26Cl4CoN4. The van der Waals surface area contributed by atoms with Crippen molar-refractivity contribution in [1.82, 2.24) is 19.5 Å². The van der Waals surface area contributed by atoms with Crippen molar-refractivity contribution in [1.29, 1.82) is 0 Å². The van der Waals surface area contributed by atoms with Crippen LogP contribution in [0, 0.1) is 0 Å². The van der Waals surface area contributed by atoms with Gasteiger partial charge in [0.2, 0.25) is 0 Å². The number of H-pyrrole nitrogens is 1. The van der Waals surface area contributed by atoms with Crippen molar-refractivity contribution in [2.45, 2.75) is 0 Å². The van der Waals surface area contributed by atoms with E-state index >= 15 is 0 Å². The molecule has 1 N–H and O–H groups in total. The molecule has 4 nitrogen and oxygen atoms in total. The summed E-state index contributed by atoms with van der Waals surface area (Å²) in [6.45, 7) is 0. The van der Waals surface area contributed by atoms with Crippen molar-refractivity contribution >= 4 is 92.8 Å². The molecule has 4 aromatic carbocycles. The second-order valence-electron chi connectivity index (χ2n) is 12.4. The SMILES string of the molecule is Clc1ccccc1-c1c(-c2ccccc2Cl)c2c(-c3ccccc3Cl)c3nc(cc4ccc(cc5nc(cc1n2-c1ccccc1Cl)C=C5)[nH]4)C=C3.[Co]. The average Bonchev–Trinajstić information content (AvgIpc) is 3.95. The Balaban J connectivity index is 0.00000400. The molecule has 5 heterocycles. The van der Waals surface area contributed by atoms with Crippen molar-refractivity contribution < 1.29 is 16.8 Å². The third kappa shape index (κ3) is 6.44. The summed E-state index contributed by atoms with van der Waals surface area (Å²) in [6.07, 6.45) is 8.06. The van der Waals surface area contributed by atoms with E-state index in [9.17, 15) is 0 Å². The van der Waals surface area contributed by atoms with Crippen LogP contribution in [0.1, 0.15) is 22.8 Å². The molecule has 2 aliphatic heterocycles. The zero-order chi connectivity index (χ0) is 35.3. The van der Waals surface area contributed by atoms with E-state index in [0.29, 0.717) is 20.1 Å². The van der Waals surface area contributed by atoms with Crippen LogP contribution in [0.4, 0.5) is 0 Å². The Morgan fingerprint density at radius 3 is 1.51 bits per heavy atom. The summed E-state index contributed by atoms with van der Waals surface area (Å²) in [6, 6.07) is 41.5. The first-order valence-corrected chi connectivity index (χ1v) is 18.1. The fourth-order valence-corrected chi connectivity index (χ4v) is 7.88. The second kappa shape index (κ2) is 14.5. The summed E-state index contributed by atoms with van der Waals surface area (Å²) in [5.74, 6) is 0. The van der Waals surface area contributed by atoms with Crippen LogP contribution in [0.3, 0.4) is 0 Å². The van der Waals surface area contributed by atoms with Crippen LogP contribution in [-0.2, 0) is 16.8 Å². The number of nitrogens with zero attached hydrogens (tertiary/aromatic N) is 3. The van der Waals surface area contributed by atoms with Gasteiger partial charge in [0.05, 0.1) is 44.5 Å². The summed E-state index contributed by atoms with van der Waals surface area (Å²) >= 11 is 28.7. The van der Waals surface area contributed by atoms with Crippen molar-refractivity contribution in [3.8, 4) is 39.1 Å². The summed E-state index contributed by atoms with van der Waals surface area (Å²) in [5, 5.41) is 2.26. The van der Waals surface area contributed by atoms with Crippen LogP contribution >= 0.6 is 46.4 Å². The van der Waals surface area contributed by atoms with Gasteiger partial charge in [0.1, 0.15) is 0 Å². The van der Waals surface area contributed by atoms with Crippen LogP contribution in [0.25, 0.3) is 85.4 Å². The molecule has 9 heteroatoms. The predicted molar refractivity (Wildman–Crippen MR) is 220 cm³/mol. The van der Waals surface area contributed by atoms with Gasteiger partial charge in [0, 0.05) is 76.3 Å². The number of halogens is 4. The maximum absolute atomic E-state index is 7.20. The monoisotopic (exact) mass is 809 g/mol. The van der Waals surface area contributed by atoms with Gasteiger partial charge < -0.3 is 9.55 Å².